The average molecular weight is 309 g/mol. The van der Waals surface area contributed by atoms with Gasteiger partial charge in [-0.3, -0.25) is 0 Å². The number of aromatic nitrogens is 3. The van der Waals surface area contributed by atoms with Gasteiger partial charge in [-0.15, -0.1) is 0 Å². The Morgan fingerprint density at radius 3 is 3.00 bits per heavy atom. The third-order valence-corrected chi connectivity index (χ3v) is 3.99. The number of fused-ring (bicyclic) bond motifs is 1. The number of hydrogen-bond acceptors (Lipinski definition) is 6. The number of nitrogens with zero attached hydrogens (tertiary/aromatic N) is 3. The molecule has 2 aromatic heterocycles. The minimum Gasteiger partial charge on any atom is -0.396 e. The van der Waals surface area contributed by atoms with Gasteiger partial charge in [0.25, 0.3) is 0 Å². The van der Waals surface area contributed by atoms with Crippen molar-refractivity contribution in [2.75, 3.05) is 41.8 Å². The van der Waals surface area contributed by atoms with Crippen LogP contribution in [0.3, 0.4) is 0 Å². The topological polar surface area (TPSA) is 74.5 Å². The van der Waals surface area contributed by atoms with Crippen molar-refractivity contribution in [1.29, 1.82) is 0 Å². The van der Waals surface area contributed by atoms with Crippen LogP contribution in [-0.4, -0.2) is 50.7 Å². The molecule has 116 valence electrons. The van der Waals surface area contributed by atoms with E-state index in [0.717, 1.165) is 54.7 Å². The number of thioether (sulfide) groups is 1. The molecule has 0 amide bonds. The molecule has 0 spiro atoms. The summed E-state index contributed by atoms with van der Waals surface area (Å²) in [6.07, 6.45) is 7.58. The van der Waals surface area contributed by atoms with Crippen molar-refractivity contribution in [3.63, 3.8) is 0 Å². The van der Waals surface area contributed by atoms with Crippen molar-refractivity contribution < 1.29 is 5.11 Å². The summed E-state index contributed by atoms with van der Waals surface area (Å²) in [5, 5.41) is 15.4. The van der Waals surface area contributed by atoms with Gasteiger partial charge in [-0.05, 0) is 18.6 Å². The van der Waals surface area contributed by atoms with Crippen LogP contribution in [0.4, 0.5) is 11.6 Å². The summed E-state index contributed by atoms with van der Waals surface area (Å²) in [5.41, 5.74) is 0.845. The van der Waals surface area contributed by atoms with E-state index in [9.17, 15) is 0 Å². The van der Waals surface area contributed by atoms with Crippen molar-refractivity contribution in [2.45, 2.75) is 19.8 Å². The Bertz CT molecular complexity index is 545. The van der Waals surface area contributed by atoms with Gasteiger partial charge in [0.05, 0.1) is 6.20 Å². The molecule has 0 saturated carbocycles. The van der Waals surface area contributed by atoms with Crippen LogP contribution in [0.15, 0.2) is 18.6 Å². The molecule has 2 rings (SSSR count). The van der Waals surface area contributed by atoms with Gasteiger partial charge in [-0.1, -0.05) is 6.92 Å². The van der Waals surface area contributed by atoms with Crippen LogP contribution >= 0.6 is 11.8 Å². The first-order valence-corrected chi connectivity index (χ1v) is 8.50. The number of rotatable bonds is 10. The lowest BCUT2D eigenvalue weighted by Gasteiger charge is -2.10. The molecular weight excluding hydrogens is 286 g/mol. The van der Waals surface area contributed by atoms with Gasteiger partial charge >= 0.3 is 0 Å². The van der Waals surface area contributed by atoms with Crippen LogP contribution < -0.4 is 10.6 Å². The van der Waals surface area contributed by atoms with E-state index in [-0.39, 0.29) is 6.61 Å². The molecule has 0 fully saturated rings. The largest absolute Gasteiger partial charge is 0.396 e. The van der Waals surface area contributed by atoms with Gasteiger partial charge in [-0.2, -0.15) is 11.8 Å². The molecule has 2 heterocycles. The summed E-state index contributed by atoms with van der Waals surface area (Å²) >= 11 is 1.83. The molecule has 0 unspecified atom stereocenters. The molecule has 0 saturated heterocycles. The molecular formula is C14H23N5OS. The van der Waals surface area contributed by atoms with E-state index in [4.69, 9.17) is 5.11 Å². The summed E-state index contributed by atoms with van der Waals surface area (Å²) < 4.78 is 1.98. The fraction of sp³-hybridized carbons (Fsp3) is 0.571. The molecule has 0 aromatic carbocycles. The second-order valence-electron chi connectivity index (χ2n) is 4.68. The monoisotopic (exact) mass is 309 g/mol. The van der Waals surface area contributed by atoms with E-state index in [1.165, 1.54) is 0 Å². The van der Waals surface area contributed by atoms with Gasteiger partial charge in [0, 0.05) is 37.8 Å². The van der Waals surface area contributed by atoms with Crippen LogP contribution in [0.25, 0.3) is 5.65 Å². The smallest absolute Gasteiger partial charge is 0.180 e. The number of aliphatic hydroxyl groups is 1. The second kappa shape index (κ2) is 8.74. The number of hydrogen-bond donors (Lipinski definition) is 3. The predicted octanol–water partition coefficient (Wildman–Crippen LogP) is 2.08. The average Bonchev–Trinajstić information content (AvgIpc) is 2.97. The first-order chi connectivity index (χ1) is 10.3. The maximum absolute atomic E-state index is 8.74. The Morgan fingerprint density at radius 2 is 2.19 bits per heavy atom. The second-order valence-corrected chi connectivity index (χ2v) is 5.90. The summed E-state index contributed by atoms with van der Waals surface area (Å²) in [6.45, 7) is 4.14. The third-order valence-electron chi connectivity index (χ3n) is 2.92. The predicted molar refractivity (Wildman–Crippen MR) is 89.3 cm³/mol. The van der Waals surface area contributed by atoms with Crippen molar-refractivity contribution in [3.8, 4) is 0 Å². The Kier molecular flexibility index (Phi) is 6.62. The maximum atomic E-state index is 8.74. The Hall–Kier alpha value is -1.47. The lowest BCUT2D eigenvalue weighted by Crippen LogP contribution is -2.10. The maximum Gasteiger partial charge on any atom is 0.180 e. The number of anilines is 2. The van der Waals surface area contributed by atoms with E-state index >= 15 is 0 Å². The van der Waals surface area contributed by atoms with E-state index in [0.29, 0.717) is 0 Å². The summed E-state index contributed by atoms with van der Waals surface area (Å²) in [7, 11) is 0. The molecule has 6 nitrogen and oxygen atoms in total. The summed E-state index contributed by atoms with van der Waals surface area (Å²) in [5.74, 6) is 3.64. The van der Waals surface area contributed by atoms with Crippen LogP contribution in [0.2, 0.25) is 0 Å². The van der Waals surface area contributed by atoms with E-state index in [1.807, 2.05) is 28.6 Å². The third kappa shape index (κ3) is 4.78. The fourth-order valence-electron chi connectivity index (χ4n) is 1.90. The highest BCUT2D eigenvalue weighted by Crippen LogP contribution is 2.16. The Morgan fingerprint density at radius 1 is 1.29 bits per heavy atom. The SMILES string of the molecule is CCCNc1cn2ccnc2c(NCCSCCCO)n1. The highest BCUT2D eigenvalue weighted by atomic mass is 32.2. The van der Waals surface area contributed by atoms with Crippen molar-refractivity contribution in [3.05, 3.63) is 18.6 Å². The minimum atomic E-state index is 0.266. The number of nitrogens with one attached hydrogen (secondary N) is 2. The minimum absolute atomic E-state index is 0.266. The van der Waals surface area contributed by atoms with Crippen molar-refractivity contribution in [1.82, 2.24) is 14.4 Å². The van der Waals surface area contributed by atoms with E-state index in [1.54, 1.807) is 6.20 Å². The standard InChI is InChI=1S/C14H23N5OS/c1-2-4-15-12-11-19-7-5-17-14(19)13(18-12)16-6-10-21-9-3-8-20/h5,7,11,15,20H,2-4,6,8-10H2,1H3,(H,16,18). The zero-order valence-corrected chi connectivity index (χ0v) is 13.2. The fourth-order valence-corrected chi connectivity index (χ4v) is 2.68. The van der Waals surface area contributed by atoms with Crippen molar-refractivity contribution >= 4 is 29.0 Å². The molecule has 0 bridgehead atoms. The first kappa shape index (κ1) is 15.9. The molecule has 0 radical (unpaired) electrons. The molecule has 0 aliphatic heterocycles. The summed E-state index contributed by atoms with van der Waals surface area (Å²) in [4.78, 5) is 8.93. The van der Waals surface area contributed by atoms with Gasteiger partial charge < -0.3 is 20.1 Å². The molecule has 21 heavy (non-hydrogen) atoms. The number of imidazole rings is 1. The lowest BCUT2D eigenvalue weighted by atomic mass is 10.4. The zero-order chi connectivity index (χ0) is 14.9. The molecule has 0 aliphatic carbocycles. The van der Waals surface area contributed by atoms with Gasteiger partial charge in [0.1, 0.15) is 5.82 Å². The Labute approximate surface area is 129 Å². The van der Waals surface area contributed by atoms with Crippen LogP contribution in [0.1, 0.15) is 19.8 Å². The summed E-state index contributed by atoms with van der Waals surface area (Å²) in [6, 6.07) is 0. The zero-order valence-electron chi connectivity index (χ0n) is 12.4. The normalized spacial score (nSPS) is 11.0. The lowest BCUT2D eigenvalue weighted by molar-refractivity contribution is 0.296. The molecule has 0 atom stereocenters. The van der Waals surface area contributed by atoms with Crippen LogP contribution in [-0.2, 0) is 0 Å². The van der Waals surface area contributed by atoms with E-state index < -0.39 is 0 Å². The highest BCUT2D eigenvalue weighted by molar-refractivity contribution is 7.99. The Balaban J connectivity index is 1.95. The molecule has 3 N–H and O–H groups in total. The van der Waals surface area contributed by atoms with Crippen LogP contribution in [0.5, 0.6) is 0 Å². The molecule has 0 aliphatic rings. The quantitative estimate of drug-likeness (QED) is 0.584. The first-order valence-electron chi connectivity index (χ1n) is 7.35. The van der Waals surface area contributed by atoms with Gasteiger partial charge in [-0.25, -0.2) is 9.97 Å². The van der Waals surface area contributed by atoms with Crippen LogP contribution in [0, 0.1) is 0 Å². The highest BCUT2D eigenvalue weighted by Gasteiger charge is 2.06. The van der Waals surface area contributed by atoms with Gasteiger partial charge in [0.15, 0.2) is 11.5 Å². The van der Waals surface area contributed by atoms with Gasteiger partial charge in [0.2, 0.25) is 0 Å². The van der Waals surface area contributed by atoms with E-state index in [2.05, 4.69) is 27.5 Å². The molecule has 7 heteroatoms. The number of aliphatic hydroxyl groups excluding tert-OH is 1. The molecule has 2 aromatic rings. The van der Waals surface area contributed by atoms with Crippen molar-refractivity contribution in [2.24, 2.45) is 0 Å².